The van der Waals surface area contributed by atoms with Crippen LogP contribution in [-0.2, 0) is 11.2 Å². The van der Waals surface area contributed by atoms with E-state index in [4.69, 9.17) is 0 Å². The molecule has 4 aromatic rings. The molecule has 0 aliphatic carbocycles. The van der Waals surface area contributed by atoms with E-state index in [9.17, 15) is 4.79 Å². The molecule has 0 saturated heterocycles. The van der Waals surface area contributed by atoms with Gasteiger partial charge in [-0.05, 0) is 51.4 Å². The summed E-state index contributed by atoms with van der Waals surface area (Å²) in [5, 5.41) is 17.7. The van der Waals surface area contributed by atoms with Gasteiger partial charge in [-0.2, -0.15) is 4.68 Å². The number of aromatic nitrogens is 4. The molecule has 0 spiro atoms. The van der Waals surface area contributed by atoms with Crippen LogP contribution in [0.3, 0.4) is 0 Å². The lowest BCUT2D eigenvalue weighted by Gasteiger charge is -2.09. The topological polar surface area (TPSA) is 72.7 Å². The minimum absolute atomic E-state index is 0.0843. The fraction of sp³-hybridized carbons (Fsp3) is 0.143. The van der Waals surface area contributed by atoms with Crippen molar-refractivity contribution in [3.05, 3.63) is 72.3 Å². The molecule has 1 aromatic heterocycles. The third kappa shape index (κ3) is 3.89. The lowest BCUT2D eigenvalue weighted by Crippen LogP contribution is -2.15. The van der Waals surface area contributed by atoms with Gasteiger partial charge < -0.3 is 5.32 Å². The van der Waals surface area contributed by atoms with Gasteiger partial charge in [0.25, 0.3) is 0 Å². The molecule has 28 heavy (non-hydrogen) atoms. The minimum Gasteiger partial charge on any atom is -0.325 e. The standard InChI is InChI=1S/C21H19N5OS/c1-2-15-7-5-6-10-19(15)22-20(27)14-28-21-23-24-25-26(21)18-12-11-16-8-3-4-9-17(16)13-18/h3-13H,2,14H2,1H3,(H,22,27). The quantitative estimate of drug-likeness (QED) is 0.503. The zero-order valence-electron chi connectivity index (χ0n) is 15.4. The monoisotopic (exact) mass is 389 g/mol. The van der Waals surface area contributed by atoms with E-state index >= 15 is 0 Å². The number of amides is 1. The zero-order valence-corrected chi connectivity index (χ0v) is 16.2. The molecule has 0 fully saturated rings. The van der Waals surface area contributed by atoms with Crippen LogP contribution in [0.4, 0.5) is 5.69 Å². The number of rotatable bonds is 6. The molecule has 1 N–H and O–H groups in total. The van der Waals surface area contributed by atoms with Crippen molar-refractivity contribution in [2.45, 2.75) is 18.5 Å². The number of aryl methyl sites for hydroxylation is 1. The molecule has 4 rings (SSSR count). The van der Waals surface area contributed by atoms with E-state index in [1.807, 2.05) is 54.6 Å². The van der Waals surface area contributed by atoms with Crippen molar-refractivity contribution in [2.24, 2.45) is 0 Å². The van der Waals surface area contributed by atoms with E-state index in [1.54, 1.807) is 4.68 Å². The Morgan fingerprint density at radius 3 is 2.68 bits per heavy atom. The van der Waals surface area contributed by atoms with Crippen molar-refractivity contribution in [3.8, 4) is 5.69 Å². The number of carbonyl (C=O) groups is 1. The van der Waals surface area contributed by atoms with Crippen LogP contribution >= 0.6 is 11.8 Å². The average molecular weight is 389 g/mol. The van der Waals surface area contributed by atoms with Crippen LogP contribution in [0.2, 0.25) is 0 Å². The summed E-state index contributed by atoms with van der Waals surface area (Å²) in [5.41, 5.74) is 2.83. The number of benzene rings is 3. The highest BCUT2D eigenvalue weighted by molar-refractivity contribution is 7.99. The highest BCUT2D eigenvalue weighted by atomic mass is 32.2. The third-order valence-electron chi connectivity index (χ3n) is 4.42. The fourth-order valence-corrected chi connectivity index (χ4v) is 3.70. The van der Waals surface area contributed by atoms with Gasteiger partial charge in [0.15, 0.2) is 0 Å². The number of nitrogens with zero attached hydrogens (tertiary/aromatic N) is 4. The molecule has 140 valence electrons. The molecular formula is C21H19N5OS. The van der Waals surface area contributed by atoms with Gasteiger partial charge in [-0.3, -0.25) is 4.79 Å². The summed E-state index contributed by atoms with van der Waals surface area (Å²) in [5.74, 6) is 0.144. The van der Waals surface area contributed by atoms with Crippen LogP contribution in [0.1, 0.15) is 12.5 Å². The van der Waals surface area contributed by atoms with Crippen LogP contribution < -0.4 is 5.32 Å². The molecule has 1 heterocycles. The summed E-state index contributed by atoms with van der Waals surface area (Å²) in [4.78, 5) is 12.4. The Morgan fingerprint density at radius 1 is 1.04 bits per heavy atom. The predicted molar refractivity (Wildman–Crippen MR) is 112 cm³/mol. The number of thioether (sulfide) groups is 1. The number of hydrogen-bond donors (Lipinski definition) is 1. The Hall–Kier alpha value is -3.19. The molecule has 0 aliphatic heterocycles. The fourth-order valence-electron chi connectivity index (χ4n) is 3.01. The molecule has 0 atom stereocenters. The van der Waals surface area contributed by atoms with Crippen LogP contribution in [-0.4, -0.2) is 31.9 Å². The molecule has 0 radical (unpaired) electrons. The van der Waals surface area contributed by atoms with Crippen molar-refractivity contribution in [2.75, 3.05) is 11.1 Å². The second kappa shape index (κ2) is 8.22. The first kappa shape index (κ1) is 18.2. The summed E-state index contributed by atoms with van der Waals surface area (Å²) >= 11 is 1.31. The van der Waals surface area contributed by atoms with E-state index in [2.05, 4.69) is 39.9 Å². The third-order valence-corrected chi connectivity index (χ3v) is 5.34. The second-order valence-electron chi connectivity index (χ2n) is 6.25. The van der Waals surface area contributed by atoms with Gasteiger partial charge in [-0.1, -0.05) is 67.2 Å². The van der Waals surface area contributed by atoms with E-state index in [-0.39, 0.29) is 11.7 Å². The smallest absolute Gasteiger partial charge is 0.234 e. The molecular weight excluding hydrogens is 370 g/mol. The first-order valence-corrected chi connectivity index (χ1v) is 10.0. The Morgan fingerprint density at radius 2 is 1.82 bits per heavy atom. The van der Waals surface area contributed by atoms with Crippen LogP contribution in [0.15, 0.2) is 71.9 Å². The SMILES string of the molecule is CCc1ccccc1NC(=O)CSc1nnnn1-c1ccc2ccccc2c1. The normalized spacial score (nSPS) is 10.9. The molecule has 0 saturated carbocycles. The van der Waals surface area contributed by atoms with Gasteiger partial charge in [0.1, 0.15) is 0 Å². The van der Waals surface area contributed by atoms with Crippen molar-refractivity contribution in [1.29, 1.82) is 0 Å². The molecule has 0 bridgehead atoms. The van der Waals surface area contributed by atoms with Crippen molar-refractivity contribution >= 4 is 34.1 Å². The second-order valence-corrected chi connectivity index (χ2v) is 7.19. The highest BCUT2D eigenvalue weighted by Crippen LogP contribution is 2.23. The maximum Gasteiger partial charge on any atom is 0.234 e. The Bertz CT molecular complexity index is 1120. The maximum absolute atomic E-state index is 12.4. The summed E-state index contributed by atoms with van der Waals surface area (Å²) in [6, 6.07) is 22.0. The van der Waals surface area contributed by atoms with Gasteiger partial charge in [0.2, 0.25) is 11.1 Å². The number of carbonyl (C=O) groups excluding carboxylic acids is 1. The van der Waals surface area contributed by atoms with Gasteiger partial charge >= 0.3 is 0 Å². The largest absolute Gasteiger partial charge is 0.325 e. The molecule has 6 nitrogen and oxygen atoms in total. The first-order valence-electron chi connectivity index (χ1n) is 9.02. The van der Waals surface area contributed by atoms with Crippen LogP contribution in [0.5, 0.6) is 0 Å². The molecule has 0 aliphatic rings. The van der Waals surface area contributed by atoms with E-state index in [0.29, 0.717) is 5.16 Å². The number of para-hydroxylation sites is 1. The Kier molecular flexibility index (Phi) is 5.34. The molecule has 0 unspecified atom stereocenters. The highest BCUT2D eigenvalue weighted by Gasteiger charge is 2.13. The Balaban J connectivity index is 1.47. The predicted octanol–water partition coefficient (Wildman–Crippen LogP) is 4.11. The molecule has 3 aromatic carbocycles. The summed E-state index contributed by atoms with van der Waals surface area (Å²) in [6.45, 7) is 2.07. The van der Waals surface area contributed by atoms with Crippen molar-refractivity contribution < 1.29 is 4.79 Å². The summed E-state index contributed by atoms with van der Waals surface area (Å²) in [6.07, 6.45) is 0.865. The van der Waals surface area contributed by atoms with Gasteiger partial charge in [0, 0.05) is 5.69 Å². The zero-order chi connectivity index (χ0) is 19.3. The number of nitrogens with one attached hydrogen (secondary N) is 1. The molecule has 7 heteroatoms. The van der Waals surface area contributed by atoms with Gasteiger partial charge in [-0.25, -0.2) is 0 Å². The van der Waals surface area contributed by atoms with E-state index < -0.39 is 0 Å². The van der Waals surface area contributed by atoms with Gasteiger partial charge in [-0.15, -0.1) is 5.10 Å². The van der Waals surface area contributed by atoms with E-state index in [0.717, 1.165) is 34.1 Å². The number of tetrazole rings is 1. The van der Waals surface area contributed by atoms with Crippen molar-refractivity contribution in [3.63, 3.8) is 0 Å². The number of fused-ring (bicyclic) bond motifs is 1. The summed E-state index contributed by atoms with van der Waals surface area (Å²) < 4.78 is 1.66. The first-order chi connectivity index (χ1) is 13.7. The van der Waals surface area contributed by atoms with E-state index in [1.165, 1.54) is 11.8 Å². The average Bonchev–Trinajstić information content (AvgIpc) is 3.21. The molecule has 1 amide bonds. The lowest BCUT2D eigenvalue weighted by atomic mass is 10.1. The lowest BCUT2D eigenvalue weighted by molar-refractivity contribution is -0.113. The van der Waals surface area contributed by atoms with Crippen LogP contribution in [0, 0.1) is 0 Å². The van der Waals surface area contributed by atoms with Crippen molar-refractivity contribution in [1.82, 2.24) is 20.2 Å². The summed E-state index contributed by atoms with van der Waals surface area (Å²) in [7, 11) is 0. The number of anilines is 1. The maximum atomic E-state index is 12.4. The minimum atomic E-state index is -0.0843. The number of hydrogen-bond acceptors (Lipinski definition) is 5. The van der Waals surface area contributed by atoms with Crippen LogP contribution in [0.25, 0.3) is 16.5 Å². The van der Waals surface area contributed by atoms with Gasteiger partial charge in [0.05, 0.1) is 11.4 Å². The Labute approximate surface area is 167 Å².